The van der Waals surface area contributed by atoms with Crippen LogP contribution in [0.5, 0.6) is 0 Å². The Balaban J connectivity index is 1.94. The molecule has 8 nitrogen and oxygen atoms in total. The summed E-state index contributed by atoms with van der Waals surface area (Å²) in [5, 5.41) is 0. The fraction of sp³-hybridized carbons (Fsp3) is 0.600. The second-order valence-corrected chi connectivity index (χ2v) is 4.17. The normalized spacial score (nSPS) is 16.8. The largest absolute Gasteiger partial charge is 0.464 e. The number of carbonyl (C=O) groups is 1. The van der Waals surface area contributed by atoms with Crippen LogP contribution in [0.2, 0.25) is 0 Å². The van der Waals surface area contributed by atoms with Crippen molar-refractivity contribution in [2.75, 3.05) is 36.1 Å². The molecule has 0 bridgehead atoms. The average molecular weight is 270 g/mol. The molecule has 1 aliphatic heterocycles. The van der Waals surface area contributed by atoms with Gasteiger partial charge in [0.15, 0.2) is 0 Å². The van der Waals surface area contributed by atoms with Crippen molar-refractivity contribution >= 4 is 23.8 Å². The van der Waals surface area contributed by atoms with Crippen LogP contribution in [0.15, 0.2) is 0 Å². The molecule has 0 aromatic carbocycles. The number of nitrogen functional groups attached to an aromatic ring is 2. The van der Waals surface area contributed by atoms with E-state index in [1.807, 2.05) is 0 Å². The van der Waals surface area contributed by atoms with Gasteiger partial charge in [0.25, 0.3) is 0 Å². The monoisotopic (exact) mass is 270 g/mol. The molecule has 0 saturated carbocycles. The van der Waals surface area contributed by atoms with E-state index in [1.165, 1.54) is 0 Å². The van der Waals surface area contributed by atoms with Crippen molar-refractivity contribution in [2.24, 2.45) is 5.92 Å². The Labute approximate surface area is 109 Å². The molecule has 4 N–H and O–H groups in total. The van der Waals surface area contributed by atoms with E-state index in [-0.39, 0.29) is 24.5 Å². The van der Waals surface area contributed by atoms with E-state index in [0.717, 1.165) is 0 Å². The summed E-state index contributed by atoms with van der Waals surface area (Å²) in [4.78, 5) is 24.3. The van der Waals surface area contributed by atoms with Crippen molar-refractivity contribution in [2.45, 2.75) is 13.1 Å². The highest BCUT2D eigenvalue weighted by Crippen LogP contribution is 2.26. The van der Waals surface area contributed by atoms with Crippen LogP contribution in [0.4, 0.5) is 22.2 Å². The van der Waals surface area contributed by atoms with Crippen LogP contribution in [-0.4, -0.2) is 46.8 Å². The quantitative estimate of drug-likeness (QED) is 0.694. The third kappa shape index (κ3) is 2.80. The zero-order valence-electron chi connectivity index (χ0n) is 10.4. The van der Waals surface area contributed by atoms with Gasteiger partial charge in [-0.2, -0.15) is 15.0 Å². The van der Waals surface area contributed by atoms with Crippen LogP contribution in [0.3, 0.4) is 0 Å². The molecule has 1 atom stereocenters. The summed E-state index contributed by atoms with van der Waals surface area (Å²) in [6, 6.07) is 0. The van der Waals surface area contributed by atoms with E-state index >= 15 is 0 Å². The maximum atomic E-state index is 13.7. The van der Waals surface area contributed by atoms with Gasteiger partial charge < -0.3 is 21.1 Å². The van der Waals surface area contributed by atoms with Crippen LogP contribution in [0.25, 0.3) is 0 Å². The van der Waals surface area contributed by atoms with E-state index in [9.17, 15) is 9.18 Å². The lowest BCUT2D eigenvalue weighted by molar-refractivity contribution is -0.151. The minimum Gasteiger partial charge on any atom is -0.464 e. The fourth-order valence-electron chi connectivity index (χ4n) is 1.81. The molecule has 19 heavy (non-hydrogen) atoms. The Bertz CT molecular complexity index is 459. The zero-order chi connectivity index (χ0) is 14.0. The summed E-state index contributed by atoms with van der Waals surface area (Å²) < 4.78 is 18.3. The minimum absolute atomic E-state index is 0.00754. The second kappa shape index (κ2) is 5.21. The molecule has 2 rings (SSSR count). The highest BCUT2D eigenvalue weighted by Gasteiger charge is 2.39. The molecule has 1 fully saturated rings. The summed E-state index contributed by atoms with van der Waals surface area (Å²) in [6.07, 6.45) is -1.63. The summed E-state index contributed by atoms with van der Waals surface area (Å²) in [5.41, 5.74) is 10.9. The van der Waals surface area contributed by atoms with Crippen molar-refractivity contribution in [1.82, 2.24) is 15.0 Å². The highest BCUT2D eigenvalue weighted by molar-refractivity contribution is 5.75. The van der Waals surface area contributed by atoms with Crippen molar-refractivity contribution in [3.8, 4) is 0 Å². The summed E-state index contributed by atoms with van der Waals surface area (Å²) in [7, 11) is 0. The molecular formula is C10H15FN6O2. The maximum absolute atomic E-state index is 13.7. The van der Waals surface area contributed by atoms with Gasteiger partial charge in [-0.05, 0) is 6.92 Å². The van der Waals surface area contributed by atoms with Gasteiger partial charge in [0.2, 0.25) is 24.0 Å². The van der Waals surface area contributed by atoms with Gasteiger partial charge in [0, 0.05) is 19.0 Å². The molecule has 0 spiro atoms. The number of alkyl halides is 1. The van der Waals surface area contributed by atoms with Gasteiger partial charge in [0.05, 0.1) is 6.61 Å². The minimum atomic E-state index is -1.63. The first-order chi connectivity index (χ1) is 9.01. The number of aromatic nitrogens is 3. The Morgan fingerprint density at radius 2 is 2.00 bits per heavy atom. The van der Waals surface area contributed by atoms with Gasteiger partial charge >= 0.3 is 5.97 Å². The van der Waals surface area contributed by atoms with E-state index < -0.39 is 18.1 Å². The number of ether oxygens (including phenoxy) is 1. The van der Waals surface area contributed by atoms with Gasteiger partial charge in [-0.15, -0.1) is 0 Å². The molecule has 0 radical (unpaired) electrons. The molecule has 1 saturated heterocycles. The third-order valence-corrected chi connectivity index (χ3v) is 2.78. The number of esters is 1. The van der Waals surface area contributed by atoms with E-state index in [1.54, 1.807) is 11.8 Å². The number of nitrogens with zero attached hydrogens (tertiary/aromatic N) is 4. The molecule has 1 aromatic rings. The highest BCUT2D eigenvalue weighted by atomic mass is 19.1. The number of nitrogens with two attached hydrogens (primary N) is 2. The van der Waals surface area contributed by atoms with Crippen LogP contribution in [-0.2, 0) is 9.53 Å². The number of rotatable bonds is 4. The lowest BCUT2D eigenvalue weighted by Crippen LogP contribution is -2.53. The number of halogens is 1. The van der Waals surface area contributed by atoms with Gasteiger partial charge in [-0.1, -0.05) is 0 Å². The van der Waals surface area contributed by atoms with Crippen molar-refractivity contribution in [1.29, 1.82) is 0 Å². The molecule has 0 aliphatic carbocycles. The number of anilines is 3. The molecule has 0 amide bonds. The molecule has 1 aromatic heterocycles. The Hall–Kier alpha value is -2.19. The smallest absolute Gasteiger partial charge is 0.341 e. The van der Waals surface area contributed by atoms with Gasteiger partial charge in [-0.25, -0.2) is 9.18 Å². The van der Waals surface area contributed by atoms with Crippen molar-refractivity contribution in [3.05, 3.63) is 0 Å². The number of carbonyl (C=O) groups excluding carboxylic acids is 1. The first kappa shape index (κ1) is 13.2. The molecule has 1 unspecified atom stereocenters. The molecule has 1 aliphatic rings. The van der Waals surface area contributed by atoms with Crippen molar-refractivity contribution < 1.29 is 13.9 Å². The van der Waals surface area contributed by atoms with Crippen LogP contribution in [0.1, 0.15) is 6.92 Å². The van der Waals surface area contributed by atoms with Gasteiger partial charge in [0.1, 0.15) is 0 Å². The topological polar surface area (TPSA) is 120 Å². The Morgan fingerprint density at radius 3 is 2.53 bits per heavy atom. The fourth-order valence-corrected chi connectivity index (χ4v) is 1.81. The third-order valence-electron chi connectivity index (χ3n) is 2.78. The lowest BCUT2D eigenvalue weighted by Gasteiger charge is -2.39. The zero-order valence-corrected chi connectivity index (χ0v) is 10.4. The molecular weight excluding hydrogens is 255 g/mol. The molecule has 104 valence electrons. The number of hydrogen-bond donors (Lipinski definition) is 2. The lowest BCUT2D eigenvalue weighted by atomic mass is 9.95. The first-order valence-corrected chi connectivity index (χ1v) is 5.84. The van der Waals surface area contributed by atoms with Crippen LogP contribution >= 0.6 is 0 Å². The average Bonchev–Trinajstić information content (AvgIpc) is 2.25. The summed E-state index contributed by atoms with van der Waals surface area (Å²) in [6.45, 7) is 2.41. The summed E-state index contributed by atoms with van der Waals surface area (Å²) in [5.74, 6) is -0.960. The number of hydrogen-bond acceptors (Lipinski definition) is 8. The van der Waals surface area contributed by atoms with Crippen LogP contribution < -0.4 is 16.4 Å². The Kier molecular flexibility index (Phi) is 3.63. The van der Waals surface area contributed by atoms with Crippen molar-refractivity contribution in [3.63, 3.8) is 0 Å². The predicted molar refractivity (Wildman–Crippen MR) is 65.9 cm³/mol. The standard InChI is InChI=1S/C10H15FN6O2/c1-2-19-7(18)6(11)5-3-17(4-5)10-15-8(12)14-9(13)16-10/h5-6H,2-4H2,1H3,(H4,12,13,14,15,16). The Morgan fingerprint density at radius 1 is 1.42 bits per heavy atom. The molecule has 2 heterocycles. The second-order valence-electron chi connectivity index (χ2n) is 4.17. The molecule has 9 heteroatoms. The summed E-state index contributed by atoms with van der Waals surface area (Å²) >= 11 is 0. The predicted octanol–water partition coefficient (Wildman–Crippen LogP) is -0.627. The van der Waals surface area contributed by atoms with Crippen LogP contribution in [0, 0.1) is 5.92 Å². The van der Waals surface area contributed by atoms with Gasteiger partial charge in [-0.3, -0.25) is 0 Å². The SMILES string of the molecule is CCOC(=O)C(F)C1CN(c2nc(N)nc(N)n2)C1. The van der Waals surface area contributed by atoms with E-state index in [0.29, 0.717) is 13.1 Å². The first-order valence-electron chi connectivity index (χ1n) is 5.84. The maximum Gasteiger partial charge on any atom is 0.341 e. The van der Waals surface area contributed by atoms with E-state index in [4.69, 9.17) is 11.5 Å². The van der Waals surface area contributed by atoms with E-state index in [2.05, 4.69) is 19.7 Å².